The summed E-state index contributed by atoms with van der Waals surface area (Å²) < 4.78 is 15.4. The molecule has 2 amide bonds. The van der Waals surface area contributed by atoms with E-state index in [1.54, 1.807) is 54.6 Å². The Bertz CT molecular complexity index is 1290. The molecule has 9 heteroatoms. The molecule has 0 fully saturated rings. The van der Waals surface area contributed by atoms with Gasteiger partial charge in [0.1, 0.15) is 5.70 Å². The number of fused-ring (bicyclic) bond motifs is 1. The van der Waals surface area contributed by atoms with Crippen LogP contribution in [0.1, 0.15) is 26.3 Å². The first-order valence-electron chi connectivity index (χ1n) is 10.1. The van der Waals surface area contributed by atoms with Crippen molar-refractivity contribution < 1.29 is 28.6 Å². The predicted molar refractivity (Wildman–Crippen MR) is 126 cm³/mol. The summed E-state index contributed by atoms with van der Waals surface area (Å²) in [7, 11) is 1.28. The molecule has 172 valence electrons. The van der Waals surface area contributed by atoms with Gasteiger partial charge in [-0.25, -0.2) is 4.79 Å². The van der Waals surface area contributed by atoms with Gasteiger partial charge in [-0.1, -0.05) is 29.8 Å². The van der Waals surface area contributed by atoms with Crippen LogP contribution in [0.2, 0.25) is 5.02 Å². The third kappa shape index (κ3) is 5.19. The molecule has 0 spiro atoms. The number of methoxy groups -OCH3 is 1. The van der Waals surface area contributed by atoms with Gasteiger partial charge in [-0.15, -0.1) is 0 Å². The summed E-state index contributed by atoms with van der Waals surface area (Å²) in [5.74, 6) is -0.496. The second kappa shape index (κ2) is 10.1. The topological polar surface area (TPSA) is 103 Å². The van der Waals surface area contributed by atoms with Crippen LogP contribution in [0.25, 0.3) is 6.08 Å². The monoisotopic (exact) mass is 478 g/mol. The van der Waals surface area contributed by atoms with Gasteiger partial charge in [0.05, 0.1) is 23.3 Å². The summed E-state index contributed by atoms with van der Waals surface area (Å²) in [6, 6.07) is 17.8. The number of ether oxygens (including phenoxy) is 3. The smallest absolute Gasteiger partial charge is 0.337 e. The van der Waals surface area contributed by atoms with Crippen molar-refractivity contribution in [3.8, 4) is 11.5 Å². The predicted octanol–water partition coefficient (Wildman–Crippen LogP) is 4.26. The Kier molecular flexibility index (Phi) is 6.79. The molecule has 0 aliphatic carbocycles. The lowest BCUT2D eigenvalue weighted by Crippen LogP contribution is -2.31. The Morgan fingerprint density at radius 2 is 1.71 bits per heavy atom. The molecule has 4 rings (SSSR count). The minimum atomic E-state index is -0.580. The van der Waals surface area contributed by atoms with Crippen molar-refractivity contribution in [2.45, 2.75) is 0 Å². The fourth-order valence-corrected chi connectivity index (χ4v) is 3.39. The van der Waals surface area contributed by atoms with Crippen LogP contribution in [0.5, 0.6) is 11.5 Å². The normalized spacial score (nSPS) is 12.1. The first-order chi connectivity index (χ1) is 16.4. The lowest BCUT2D eigenvalue weighted by Gasteiger charge is -2.12. The number of esters is 1. The SMILES string of the molecule is COC(=O)c1ccc(NC(=O)/C(=C\c2ccc3c(c2)OCO3)NC(=O)c2ccccc2Cl)cc1. The van der Waals surface area contributed by atoms with E-state index in [2.05, 4.69) is 15.4 Å². The number of carbonyl (C=O) groups is 3. The molecule has 1 aliphatic rings. The summed E-state index contributed by atoms with van der Waals surface area (Å²) in [6.07, 6.45) is 1.51. The molecule has 0 saturated heterocycles. The highest BCUT2D eigenvalue weighted by Crippen LogP contribution is 2.33. The summed E-state index contributed by atoms with van der Waals surface area (Å²) in [5, 5.41) is 5.59. The first-order valence-corrected chi connectivity index (χ1v) is 10.5. The average Bonchev–Trinajstić information content (AvgIpc) is 3.31. The molecule has 0 aromatic heterocycles. The number of hydrogen-bond donors (Lipinski definition) is 2. The summed E-state index contributed by atoms with van der Waals surface area (Å²) >= 11 is 6.14. The maximum atomic E-state index is 13.1. The Labute approximate surface area is 200 Å². The Morgan fingerprint density at radius 1 is 0.971 bits per heavy atom. The van der Waals surface area contributed by atoms with Crippen LogP contribution < -0.4 is 20.1 Å². The highest BCUT2D eigenvalue weighted by Gasteiger charge is 2.18. The molecule has 1 heterocycles. The van der Waals surface area contributed by atoms with Crippen molar-refractivity contribution in [2.24, 2.45) is 0 Å². The molecule has 0 bridgehead atoms. The quantitative estimate of drug-likeness (QED) is 0.405. The van der Waals surface area contributed by atoms with E-state index in [1.807, 2.05) is 0 Å². The molecular formula is C25H19ClN2O6. The van der Waals surface area contributed by atoms with Crippen molar-refractivity contribution in [1.82, 2.24) is 5.32 Å². The van der Waals surface area contributed by atoms with E-state index in [0.29, 0.717) is 28.3 Å². The second-order valence-corrected chi connectivity index (χ2v) is 7.53. The highest BCUT2D eigenvalue weighted by molar-refractivity contribution is 6.34. The van der Waals surface area contributed by atoms with E-state index >= 15 is 0 Å². The first kappa shape index (κ1) is 22.9. The molecular weight excluding hydrogens is 460 g/mol. The van der Waals surface area contributed by atoms with E-state index in [9.17, 15) is 14.4 Å². The van der Waals surface area contributed by atoms with Crippen LogP contribution in [0.4, 0.5) is 5.69 Å². The van der Waals surface area contributed by atoms with Crippen LogP contribution in [-0.2, 0) is 9.53 Å². The fraction of sp³-hybridized carbons (Fsp3) is 0.0800. The van der Waals surface area contributed by atoms with Crippen molar-refractivity contribution in [1.29, 1.82) is 0 Å². The van der Waals surface area contributed by atoms with Crippen molar-refractivity contribution >= 4 is 41.1 Å². The summed E-state index contributed by atoms with van der Waals surface area (Å²) in [6.45, 7) is 0.112. The van der Waals surface area contributed by atoms with Crippen LogP contribution in [0, 0.1) is 0 Å². The standard InChI is InChI=1S/C25H19ClN2O6/c1-32-25(31)16-7-9-17(10-8-16)27-24(30)20(28-23(29)18-4-2-3-5-19(18)26)12-15-6-11-21-22(13-15)34-14-33-21/h2-13H,14H2,1H3,(H,27,30)(H,28,29)/b20-12+. The zero-order chi connectivity index (χ0) is 24.1. The van der Waals surface area contributed by atoms with Crippen LogP contribution >= 0.6 is 11.6 Å². The van der Waals surface area contributed by atoms with Crippen LogP contribution in [0.3, 0.4) is 0 Å². The lowest BCUT2D eigenvalue weighted by molar-refractivity contribution is -0.113. The largest absolute Gasteiger partial charge is 0.465 e. The zero-order valence-electron chi connectivity index (χ0n) is 18.0. The number of anilines is 1. The number of hydrogen-bond acceptors (Lipinski definition) is 6. The minimum absolute atomic E-state index is 0.0270. The minimum Gasteiger partial charge on any atom is -0.465 e. The number of rotatable bonds is 6. The van der Waals surface area contributed by atoms with E-state index in [-0.39, 0.29) is 23.1 Å². The van der Waals surface area contributed by atoms with Gasteiger partial charge in [-0.3, -0.25) is 9.59 Å². The van der Waals surface area contributed by atoms with Gasteiger partial charge in [0, 0.05) is 5.69 Å². The van der Waals surface area contributed by atoms with E-state index in [4.69, 9.17) is 21.1 Å². The van der Waals surface area contributed by atoms with Crippen LogP contribution in [-0.4, -0.2) is 31.7 Å². The number of benzene rings is 3. The summed E-state index contributed by atoms with van der Waals surface area (Å²) in [5.41, 5.74) is 1.55. The van der Waals surface area contributed by atoms with Crippen molar-refractivity contribution in [2.75, 3.05) is 19.2 Å². The highest BCUT2D eigenvalue weighted by atomic mass is 35.5. The number of halogens is 1. The maximum Gasteiger partial charge on any atom is 0.337 e. The molecule has 2 N–H and O–H groups in total. The Balaban J connectivity index is 1.61. The molecule has 0 atom stereocenters. The second-order valence-electron chi connectivity index (χ2n) is 7.13. The molecule has 3 aromatic rings. The van der Waals surface area contributed by atoms with Crippen molar-refractivity contribution in [3.63, 3.8) is 0 Å². The van der Waals surface area contributed by atoms with Gasteiger partial charge in [-0.2, -0.15) is 0 Å². The van der Waals surface area contributed by atoms with Crippen LogP contribution in [0.15, 0.2) is 72.4 Å². The zero-order valence-corrected chi connectivity index (χ0v) is 18.7. The van der Waals surface area contributed by atoms with Gasteiger partial charge < -0.3 is 24.8 Å². The number of carbonyl (C=O) groups excluding carboxylic acids is 3. The molecule has 34 heavy (non-hydrogen) atoms. The van der Waals surface area contributed by atoms with Gasteiger partial charge in [0.25, 0.3) is 11.8 Å². The molecule has 1 aliphatic heterocycles. The molecule has 8 nitrogen and oxygen atoms in total. The fourth-order valence-electron chi connectivity index (χ4n) is 3.17. The number of amides is 2. The van der Waals surface area contributed by atoms with Gasteiger partial charge in [0.15, 0.2) is 11.5 Å². The lowest BCUT2D eigenvalue weighted by atomic mass is 10.1. The third-order valence-corrected chi connectivity index (χ3v) is 5.21. The van der Waals surface area contributed by atoms with Gasteiger partial charge >= 0.3 is 5.97 Å². The van der Waals surface area contributed by atoms with Gasteiger partial charge in [0.2, 0.25) is 6.79 Å². The van der Waals surface area contributed by atoms with E-state index < -0.39 is 17.8 Å². The van der Waals surface area contributed by atoms with E-state index in [1.165, 1.54) is 25.3 Å². The van der Waals surface area contributed by atoms with Crippen molar-refractivity contribution in [3.05, 3.63) is 94.1 Å². The number of nitrogens with one attached hydrogen (secondary N) is 2. The summed E-state index contributed by atoms with van der Waals surface area (Å²) in [4.78, 5) is 37.6. The Morgan fingerprint density at radius 3 is 2.44 bits per heavy atom. The average molecular weight is 479 g/mol. The van der Waals surface area contributed by atoms with Gasteiger partial charge in [-0.05, 0) is 60.2 Å². The Hall–Kier alpha value is -4.30. The van der Waals surface area contributed by atoms with E-state index in [0.717, 1.165) is 0 Å². The molecule has 0 saturated carbocycles. The molecule has 3 aromatic carbocycles. The third-order valence-electron chi connectivity index (χ3n) is 4.88. The molecule has 0 radical (unpaired) electrons. The molecule has 0 unspecified atom stereocenters. The maximum absolute atomic E-state index is 13.1.